The standard InChI is InChI=1S/C17H21NO7S/c1-2-24-15(19)16-7-10-17(11-8-16,12-9-16)25-26(22,23)14-5-3-13(4-6-14)18(20)21/h3-6H,2,7-12H2,1H3. The predicted molar refractivity (Wildman–Crippen MR) is 90.9 cm³/mol. The highest BCUT2D eigenvalue weighted by molar-refractivity contribution is 7.86. The van der Waals surface area contributed by atoms with Crippen LogP contribution in [0.15, 0.2) is 29.2 Å². The fraction of sp³-hybridized carbons (Fsp3) is 0.588. The molecule has 2 bridgehead atoms. The fourth-order valence-corrected chi connectivity index (χ4v) is 5.16. The van der Waals surface area contributed by atoms with Gasteiger partial charge in [0, 0.05) is 12.1 Å². The maximum atomic E-state index is 12.6. The van der Waals surface area contributed by atoms with Crippen molar-refractivity contribution in [3.63, 3.8) is 0 Å². The van der Waals surface area contributed by atoms with Gasteiger partial charge in [-0.15, -0.1) is 0 Å². The van der Waals surface area contributed by atoms with Gasteiger partial charge in [0.15, 0.2) is 0 Å². The van der Waals surface area contributed by atoms with Gasteiger partial charge in [0.25, 0.3) is 15.8 Å². The lowest BCUT2D eigenvalue weighted by Crippen LogP contribution is -2.52. The number of fused-ring (bicyclic) bond motifs is 3. The number of nitro benzene ring substituents is 1. The number of hydrogen-bond donors (Lipinski definition) is 0. The Morgan fingerprint density at radius 3 is 2.12 bits per heavy atom. The molecule has 142 valence electrons. The molecule has 0 heterocycles. The van der Waals surface area contributed by atoms with Gasteiger partial charge in [-0.05, 0) is 57.6 Å². The molecule has 0 amide bonds. The number of carbonyl (C=O) groups is 1. The number of nitrogens with zero attached hydrogens (tertiary/aromatic N) is 1. The molecule has 3 aliphatic carbocycles. The number of non-ortho nitro benzene ring substituents is 1. The van der Waals surface area contributed by atoms with E-state index >= 15 is 0 Å². The topological polar surface area (TPSA) is 113 Å². The first-order valence-electron chi connectivity index (χ1n) is 8.59. The van der Waals surface area contributed by atoms with Crippen LogP contribution < -0.4 is 0 Å². The zero-order chi connectivity index (χ0) is 19.0. The highest BCUT2D eigenvalue weighted by Crippen LogP contribution is 2.55. The van der Waals surface area contributed by atoms with Crippen LogP contribution in [0.2, 0.25) is 0 Å². The second-order valence-electron chi connectivity index (χ2n) is 6.97. The molecular weight excluding hydrogens is 362 g/mol. The van der Waals surface area contributed by atoms with Crippen molar-refractivity contribution >= 4 is 21.8 Å². The molecule has 0 aliphatic heterocycles. The number of ether oxygens (including phenoxy) is 1. The third kappa shape index (κ3) is 3.33. The first-order valence-corrected chi connectivity index (χ1v) is 10.0. The normalized spacial score (nSPS) is 27.9. The third-order valence-electron chi connectivity index (χ3n) is 5.51. The quantitative estimate of drug-likeness (QED) is 0.321. The highest BCUT2D eigenvalue weighted by atomic mass is 32.2. The van der Waals surface area contributed by atoms with Gasteiger partial charge in [-0.25, -0.2) is 0 Å². The molecule has 0 N–H and O–H groups in total. The zero-order valence-electron chi connectivity index (χ0n) is 14.5. The first kappa shape index (κ1) is 18.8. The monoisotopic (exact) mass is 383 g/mol. The lowest BCUT2D eigenvalue weighted by molar-refractivity contribution is -0.384. The van der Waals surface area contributed by atoms with Crippen LogP contribution in [0, 0.1) is 15.5 Å². The number of carbonyl (C=O) groups excluding carboxylic acids is 1. The largest absolute Gasteiger partial charge is 0.466 e. The number of esters is 1. The summed E-state index contributed by atoms with van der Waals surface area (Å²) in [6, 6.07) is 4.64. The summed E-state index contributed by atoms with van der Waals surface area (Å²) >= 11 is 0. The van der Waals surface area contributed by atoms with Gasteiger partial charge in [-0.1, -0.05) is 0 Å². The first-order chi connectivity index (χ1) is 12.2. The lowest BCUT2D eigenvalue weighted by Gasteiger charge is -2.50. The van der Waals surface area contributed by atoms with Gasteiger partial charge >= 0.3 is 5.97 Å². The Balaban J connectivity index is 1.73. The molecule has 0 aromatic heterocycles. The molecule has 3 fully saturated rings. The summed E-state index contributed by atoms with van der Waals surface area (Å²) in [5.74, 6) is -0.202. The number of nitro groups is 1. The SMILES string of the molecule is CCOC(=O)C12CCC(OS(=O)(=O)c3ccc([N+](=O)[O-])cc3)(CC1)CC2. The van der Waals surface area contributed by atoms with Crippen LogP contribution in [0.5, 0.6) is 0 Å². The van der Waals surface area contributed by atoms with E-state index in [2.05, 4.69) is 0 Å². The van der Waals surface area contributed by atoms with E-state index in [1.807, 2.05) is 0 Å². The number of hydrogen-bond acceptors (Lipinski definition) is 7. The Labute approximate surface area is 151 Å². The molecule has 3 saturated carbocycles. The third-order valence-corrected chi connectivity index (χ3v) is 6.93. The van der Waals surface area contributed by atoms with Gasteiger partial charge in [0.05, 0.1) is 27.4 Å². The van der Waals surface area contributed by atoms with E-state index in [0.717, 1.165) is 12.1 Å². The Morgan fingerprint density at radius 2 is 1.65 bits per heavy atom. The van der Waals surface area contributed by atoms with Crippen molar-refractivity contribution in [2.45, 2.75) is 55.9 Å². The van der Waals surface area contributed by atoms with Crippen LogP contribution in [-0.4, -0.2) is 31.5 Å². The van der Waals surface area contributed by atoms with Gasteiger partial charge in [-0.3, -0.25) is 19.1 Å². The van der Waals surface area contributed by atoms with E-state index in [0.29, 0.717) is 45.1 Å². The van der Waals surface area contributed by atoms with Gasteiger partial charge < -0.3 is 4.74 Å². The Bertz CT molecular complexity index is 791. The van der Waals surface area contributed by atoms with Crippen LogP contribution in [-0.2, 0) is 23.8 Å². The van der Waals surface area contributed by atoms with Crippen LogP contribution in [0.1, 0.15) is 45.4 Å². The molecule has 8 nitrogen and oxygen atoms in total. The maximum absolute atomic E-state index is 12.6. The molecule has 3 aliphatic rings. The molecule has 1 aromatic rings. The summed E-state index contributed by atoms with van der Waals surface area (Å²) in [5.41, 5.74) is -1.51. The van der Waals surface area contributed by atoms with E-state index in [-0.39, 0.29) is 16.6 Å². The summed E-state index contributed by atoms with van der Waals surface area (Å²) < 4.78 is 35.9. The van der Waals surface area contributed by atoms with Crippen LogP contribution in [0.25, 0.3) is 0 Å². The van der Waals surface area contributed by atoms with Gasteiger partial charge in [-0.2, -0.15) is 8.42 Å². The molecular formula is C17H21NO7S. The summed E-state index contributed by atoms with van der Waals surface area (Å²) in [5, 5.41) is 10.7. The van der Waals surface area contributed by atoms with Crippen molar-refractivity contribution in [3.05, 3.63) is 34.4 Å². The minimum absolute atomic E-state index is 0.106. The molecule has 0 atom stereocenters. The summed E-state index contributed by atoms with van der Waals surface area (Å²) in [4.78, 5) is 22.2. The summed E-state index contributed by atoms with van der Waals surface area (Å²) in [6.45, 7) is 2.10. The predicted octanol–water partition coefficient (Wildman–Crippen LogP) is 2.96. The molecule has 1 aromatic carbocycles. The molecule has 0 spiro atoms. The van der Waals surface area contributed by atoms with Crippen LogP contribution >= 0.6 is 0 Å². The van der Waals surface area contributed by atoms with Crippen molar-refractivity contribution in [2.24, 2.45) is 5.41 Å². The summed E-state index contributed by atoms with van der Waals surface area (Å²) in [6.07, 6.45) is 3.04. The minimum Gasteiger partial charge on any atom is -0.466 e. The van der Waals surface area contributed by atoms with E-state index in [1.54, 1.807) is 6.92 Å². The second kappa shape index (κ2) is 6.62. The molecule has 0 radical (unpaired) electrons. The van der Waals surface area contributed by atoms with Crippen LogP contribution in [0.4, 0.5) is 5.69 Å². The molecule has 4 rings (SSSR count). The average Bonchev–Trinajstić information content (AvgIpc) is 2.63. The van der Waals surface area contributed by atoms with E-state index in [4.69, 9.17) is 8.92 Å². The Kier molecular flexibility index (Phi) is 4.78. The molecule has 26 heavy (non-hydrogen) atoms. The average molecular weight is 383 g/mol. The zero-order valence-corrected chi connectivity index (χ0v) is 15.3. The second-order valence-corrected chi connectivity index (χ2v) is 8.52. The Hall–Kier alpha value is -2.00. The van der Waals surface area contributed by atoms with Crippen molar-refractivity contribution in [2.75, 3.05) is 6.61 Å². The van der Waals surface area contributed by atoms with E-state index in [1.165, 1.54) is 12.1 Å². The van der Waals surface area contributed by atoms with Gasteiger partial charge in [0.2, 0.25) is 0 Å². The molecule has 9 heteroatoms. The van der Waals surface area contributed by atoms with Crippen molar-refractivity contribution in [1.82, 2.24) is 0 Å². The number of rotatable bonds is 6. The lowest BCUT2D eigenvalue weighted by atomic mass is 9.58. The van der Waals surface area contributed by atoms with Crippen molar-refractivity contribution < 1.29 is 27.1 Å². The Morgan fingerprint density at radius 1 is 1.12 bits per heavy atom. The van der Waals surface area contributed by atoms with Gasteiger partial charge in [0.1, 0.15) is 0 Å². The van der Waals surface area contributed by atoms with Crippen LogP contribution in [0.3, 0.4) is 0 Å². The minimum atomic E-state index is -4.04. The summed E-state index contributed by atoms with van der Waals surface area (Å²) in [7, 11) is -4.04. The molecule has 0 saturated heterocycles. The highest BCUT2D eigenvalue weighted by Gasteiger charge is 2.55. The van der Waals surface area contributed by atoms with E-state index in [9.17, 15) is 23.3 Å². The molecule has 0 unspecified atom stereocenters. The van der Waals surface area contributed by atoms with Crippen molar-refractivity contribution in [3.8, 4) is 0 Å². The number of benzene rings is 1. The fourth-order valence-electron chi connectivity index (χ4n) is 3.88. The van der Waals surface area contributed by atoms with E-state index < -0.39 is 26.1 Å². The maximum Gasteiger partial charge on any atom is 0.312 e. The van der Waals surface area contributed by atoms with Crippen molar-refractivity contribution in [1.29, 1.82) is 0 Å². The smallest absolute Gasteiger partial charge is 0.312 e.